The monoisotopic (exact) mass is 361 g/mol. The Morgan fingerprint density at radius 3 is 1.83 bits per heavy atom. The summed E-state index contributed by atoms with van der Waals surface area (Å²) in [5.41, 5.74) is 8.58. The smallest absolute Gasteiger partial charge is 0.418 e. The van der Waals surface area contributed by atoms with E-state index in [1.165, 1.54) is 0 Å². The summed E-state index contributed by atoms with van der Waals surface area (Å²) in [6, 6.07) is 0. The van der Waals surface area contributed by atoms with Crippen molar-refractivity contribution in [3.8, 4) is 0 Å². The van der Waals surface area contributed by atoms with Crippen LogP contribution in [-0.2, 0) is 14.3 Å². The summed E-state index contributed by atoms with van der Waals surface area (Å²) in [5, 5.41) is -0.339. The third-order valence-corrected chi connectivity index (χ3v) is 3.04. The second-order valence-electron chi connectivity index (χ2n) is 7.68. The van der Waals surface area contributed by atoms with Crippen LogP contribution in [0, 0.1) is 0 Å². The number of hydrogen-bond acceptors (Lipinski definition) is 6. The Bertz CT molecular complexity index is 483. The summed E-state index contributed by atoms with van der Waals surface area (Å²) in [6.45, 7) is 12.2. The summed E-state index contributed by atoms with van der Waals surface area (Å²) in [4.78, 5) is 26.0. The molecule has 0 aliphatic heterocycles. The van der Waals surface area contributed by atoms with Crippen molar-refractivity contribution in [3.63, 3.8) is 0 Å². The standard InChI is InChI=1S/C16H31N3O4S/c1-8-9-10-16(18,11(20)22-14(2,3)4)19(12(17)24)13(21)23-15(5,6)7/h8-10,18H2,1-7H3,(H2,17,24)/t16-/m1/s1. The number of ether oxygens (including phenoxy) is 2. The second-order valence-corrected chi connectivity index (χ2v) is 8.10. The van der Waals surface area contributed by atoms with Crippen LogP contribution in [0.25, 0.3) is 0 Å². The molecule has 0 unspecified atom stereocenters. The Morgan fingerprint density at radius 2 is 1.50 bits per heavy atom. The van der Waals surface area contributed by atoms with E-state index < -0.39 is 28.9 Å². The molecule has 1 amide bonds. The van der Waals surface area contributed by atoms with Crippen molar-refractivity contribution in [2.75, 3.05) is 0 Å². The largest absolute Gasteiger partial charge is 0.457 e. The third-order valence-electron chi connectivity index (χ3n) is 2.86. The van der Waals surface area contributed by atoms with Gasteiger partial charge in [0, 0.05) is 0 Å². The highest BCUT2D eigenvalue weighted by Gasteiger charge is 2.48. The molecule has 7 nitrogen and oxygen atoms in total. The number of thiocarbonyl (C=S) groups is 1. The van der Waals surface area contributed by atoms with E-state index in [-0.39, 0.29) is 11.5 Å². The van der Waals surface area contributed by atoms with Gasteiger partial charge < -0.3 is 15.2 Å². The molecule has 0 aromatic carbocycles. The molecule has 0 aliphatic rings. The van der Waals surface area contributed by atoms with Gasteiger partial charge in [0.15, 0.2) is 10.8 Å². The summed E-state index contributed by atoms with van der Waals surface area (Å²) in [6.07, 6.45) is 0.618. The van der Waals surface area contributed by atoms with Crippen LogP contribution in [0.15, 0.2) is 0 Å². The molecular formula is C16H31N3O4S. The number of nitrogens with zero attached hydrogens (tertiary/aromatic N) is 1. The van der Waals surface area contributed by atoms with Gasteiger partial charge in [0.05, 0.1) is 0 Å². The van der Waals surface area contributed by atoms with E-state index in [2.05, 4.69) is 0 Å². The molecule has 0 bridgehead atoms. The highest BCUT2D eigenvalue weighted by Crippen LogP contribution is 2.24. The Labute approximate surface area is 150 Å². The fourth-order valence-electron chi connectivity index (χ4n) is 1.87. The number of carbonyl (C=O) groups excluding carboxylic acids is 2. The molecule has 0 saturated heterocycles. The van der Waals surface area contributed by atoms with E-state index >= 15 is 0 Å². The van der Waals surface area contributed by atoms with Gasteiger partial charge in [-0.05, 0) is 66.6 Å². The number of unbranched alkanes of at least 4 members (excludes halogenated alkanes) is 1. The predicted octanol–water partition coefficient (Wildman–Crippen LogP) is 2.65. The van der Waals surface area contributed by atoms with Crippen molar-refractivity contribution in [2.45, 2.75) is 84.6 Å². The maximum atomic E-state index is 12.7. The minimum Gasteiger partial charge on any atom is -0.457 e. The lowest BCUT2D eigenvalue weighted by Crippen LogP contribution is -2.68. The normalized spacial score (nSPS) is 14.5. The van der Waals surface area contributed by atoms with E-state index in [1.807, 2.05) is 6.92 Å². The summed E-state index contributed by atoms with van der Waals surface area (Å²) in [7, 11) is 0. The van der Waals surface area contributed by atoms with E-state index in [4.69, 9.17) is 33.2 Å². The molecule has 1 atom stereocenters. The Balaban J connectivity index is 5.81. The lowest BCUT2D eigenvalue weighted by atomic mass is 10.0. The van der Waals surface area contributed by atoms with Crippen LogP contribution in [0.2, 0.25) is 0 Å². The van der Waals surface area contributed by atoms with E-state index in [1.54, 1.807) is 41.5 Å². The summed E-state index contributed by atoms with van der Waals surface area (Å²) in [5.74, 6) is -0.776. The number of rotatable bonds is 5. The molecule has 0 rings (SSSR count). The topological polar surface area (TPSA) is 108 Å². The van der Waals surface area contributed by atoms with E-state index in [9.17, 15) is 9.59 Å². The van der Waals surface area contributed by atoms with Gasteiger partial charge in [-0.25, -0.2) is 14.5 Å². The average Bonchev–Trinajstić information content (AvgIpc) is 2.31. The van der Waals surface area contributed by atoms with Gasteiger partial charge in [-0.15, -0.1) is 0 Å². The van der Waals surface area contributed by atoms with Crippen molar-refractivity contribution in [3.05, 3.63) is 0 Å². The highest BCUT2D eigenvalue weighted by molar-refractivity contribution is 7.80. The van der Waals surface area contributed by atoms with Crippen LogP contribution in [-0.4, -0.2) is 38.9 Å². The van der Waals surface area contributed by atoms with E-state index in [0.717, 1.165) is 11.3 Å². The molecule has 0 aliphatic carbocycles. The van der Waals surface area contributed by atoms with Crippen LogP contribution in [0.5, 0.6) is 0 Å². The van der Waals surface area contributed by atoms with Gasteiger partial charge in [-0.1, -0.05) is 13.3 Å². The molecule has 0 saturated carbocycles. The SMILES string of the molecule is CCCC[C@](N)(C(=O)OC(C)(C)C)N(C(=O)OC(C)(C)C)C(N)=S. The van der Waals surface area contributed by atoms with Gasteiger partial charge in [-0.2, -0.15) is 0 Å². The maximum Gasteiger partial charge on any atom is 0.418 e. The second kappa shape index (κ2) is 8.11. The van der Waals surface area contributed by atoms with E-state index in [0.29, 0.717) is 6.42 Å². The molecule has 4 N–H and O–H groups in total. The van der Waals surface area contributed by atoms with Crippen LogP contribution in [0.3, 0.4) is 0 Å². The minimum absolute atomic E-state index is 0.148. The van der Waals surface area contributed by atoms with Crippen molar-refractivity contribution in [1.82, 2.24) is 4.90 Å². The highest BCUT2D eigenvalue weighted by atomic mass is 32.1. The van der Waals surface area contributed by atoms with Gasteiger partial charge in [0.25, 0.3) is 0 Å². The van der Waals surface area contributed by atoms with Crippen molar-refractivity contribution >= 4 is 29.4 Å². The van der Waals surface area contributed by atoms with Crippen LogP contribution >= 0.6 is 12.2 Å². The fourth-order valence-corrected chi connectivity index (χ4v) is 2.11. The summed E-state index contributed by atoms with van der Waals surface area (Å²) >= 11 is 4.96. The number of carbonyl (C=O) groups is 2. The first-order chi connectivity index (χ1) is 10.6. The quantitative estimate of drug-likeness (QED) is 0.440. The van der Waals surface area contributed by atoms with Crippen LogP contribution in [0.1, 0.15) is 67.7 Å². The molecule has 0 heterocycles. The predicted molar refractivity (Wildman–Crippen MR) is 97.1 cm³/mol. The van der Waals surface area contributed by atoms with Gasteiger partial charge >= 0.3 is 12.1 Å². The Kier molecular flexibility index (Phi) is 7.64. The molecule has 0 radical (unpaired) electrons. The minimum atomic E-state index is -1.82. The summed E-state index contributed by atoms with van der Waals surface area (Å²) < 4.78 is 10.7. The molecule has 0 aromatic heterocycles. The van der Waals surface area contributed by atoms with Crippen molar-refractivity contribution in [1.29, 1.82) is 0 Å². The number of amides is 1. The first-order valence-corrected chi connectivity index (χ1v) is 8.40. The maximum absolute atomic E-state index is 12.7. The Morgan fingerprint density at radius 1 is 1.04 bits per heavy atom. The number of esters is 1. The number of nitrogens with two attached hydrogens (primary N) is 2. The molecule has 0 aromatic rings. The van der Waals surface area contributed by atoms with Gasteiger partial charge in [0.1, 0.15) is 11.2 Å². The number of hydrogen-bond donors (Lipinski definition) is 2. The molecular weight excluding hydrogens is 330 g/mol. The molecule has 24 heavy (non-hydrogen) atoms. The lowest BCUT2D eigenvalue weighted by molar-refractivity contribution is -0.167. The average molecular weight is 362 g/mol. The first-order valence-electron chi connectivity index (χ1n) is 7.99. The molecule has 8 heteroatoms. The molecule has 0 fully saturated rings. The zero-order chi connectivity index (χ0) is 19.3. The third kappa shape index (κ3) is 7.00. The fraction of sp³-hybridized carbons (Fsp3) is 0.812. The first kappa shape index (κ1) is 22.6. The Hall–Kier alpha value is -1.41. The zero-order valence-corrected chi connectivity index (χ0v) is 16.6. The van der Waals surface area contributed by atoms with Gasteiger partial charge in [0.2, 0.25) is 0 Å². The molecule has 140 valence electrons. The lowest BCUT2D eigenvalue weighted by Gasteiger charge is -2.39. The van der Waals surface area contributed by atoms with Crippen LogP contribution in [0.4, 0.5) is 4.79 Å². The zero-order valence-electron chi connectivity index (χ0n) is 15.8. The van der Waals surface area contributed by atoms with Crippen LogP contribution < -0.4 is 11.5 Å². The van der Waals surface area contributed by atoms with Crippen molar-refractivity contribution < 1.29 is 19.1 Å². The molecule has 0 spiro atoms. The van der Waals surface area contributed by atoms with Gasteiger partial charge in [-0.3, -0.25) is 5.73 Å². The van der Waals surface area contributed by atoms with Crippen molar-refractivity contribution in [2.24, 2.45) is 11.5 Å².